The normalized spacial score (nSPS) is 27.8. The maximum absolute atomic E-state index is 6.34. The van der Waals surface area contributed by atoms with Gasteiger partial charge in [-0.15, -0.1) is 0 Å². The Balaban J connectivity index is 1.92. The maximum atomic E-state index is 6.34. The third kappa shape index (κ3) is 2.94. The van der Waals surface area contributed by atoms with Crippen molar-refractivity contribution in [3.63, 3.8) is 0 Å². The second-order valence-electron chi connectivity index (χ2n) is 5.33. The molecule has 0 spiro atoms. The molecule has 0 radical (unpaired) electrons. The smallest absolute Gasteiger partial charge is 0.0807 e. The Kier molecular flexibility index (Phi) is 4.04. The Hall–Kier alpha value is -0.0800. The molecule has 0 atom stereocenters. The summed E-state index contributed by atoms with van der Waals surface area (Å²) in [6, 6.07) is 0. The molecule has 2 aliphatic rings. The van der Waals surface area contributed by atoms with Gasteiger partial charge in [0.05, 0.1) is 11.7 Å². The first kappa shape index (κ1) is 11.4. The molecule has 0 aliphatic heterocycles. The van der Waals surface area contributed by atoms with Gasteiger partial charge in [-0.3, -0.25) is 0 Å². The molecule has 15 heavy (non-hydrogen) atoms. The lowest BCUT2D eigenvalue weighted by molar-refractivity contribution is -0.0938. The Labute approximate surface area is 93.6 Å². The number of nitrogens with two attached hydrogens (primary N) is 1. The lowest BCUT2D eigenvalue weighted by Crippen LogP contribution is -2.42. The second kappa shape index (κ2) is 5.31. The van der Waals surface area contributed by atoms with Crippen LogP contribution in [0, 0.1) is 0 Å². The van der Waals surface area contributed by atoms with Gasteiger partial charge in [0.2, 0.25) is 0 Å². The van der Waals surface area contributed by atoms with Gasteiger partial charge in [0.25, 0.3) is 0 Å². The minimum atomic E-state index is 0.0471. The van der Waals surface area contributed by atoms with Crippen LogP contribution < -0.4 is 5.73 Å². The van der Waals surface area contributed by atoms with Crippen LogP contribution in [0.3, 0.4) is 0 Å². The van der Waals surface area contributed by atoms with E-state index < -0.39 is 0 Å². The van der Waals surface area contributed by atoms with Crippen LogP contribution in [-0.4, -0.2) is 18.2 Å². The minimum Gasteiger partial charge on any atom is -0.370 e. The van der Waals surface area contributed by atoms with Crippen molar-refractivity contribution in [2.75, 3.05) is 6.54 Å². The molecule has 2 nitrogen and oxygen atoms in total. The summed E-state index contributed by atoms with van der Waals surface area (Å²) in [5.74, 6) is 0. The topological polar surface area (TPSA) is 35.2 Å². The molecule has 2 N–H and O–H groups in total. The average Bonchev–Trinajstić information content (AvgIpc) is 2.64. The van der Waals surface area contributed by atoms with Gasteiger partial charge in [-0.25, -0.2) is 0 Å². The van der Waals surface area contributed by atoms with Crippen molar-refractivity contribution < 1.29 is 4.74 Å². The molecule has 0 aromatic carbocycles. The first-order valence-electron chi connectivity index (χ1n) is 6.73. The second-order valence-corrected chi connectivity index (χ2v) is 5.33. The van der Waals surface area contributed by atoms with Gasteiger partial charge in [-0.05, 0) is 25.7 Å². The van der Waals surface area contributed by atoms with Gasteiger partial charge in [-0.2, -0.15) is 0 Å². The summed E-state index contributed by atoms with van der Waals surface area (Å²) in [4.78, 5) is 0. The fourth-order valence-electron chi connectivity index (χ4n) is 3.10. The molecule has 0 bridgehead atoms. The monoisotopic (exact) mass is 211 g/mol. The molecule has 0 aromatic heterocycles. The lowest BCUT2D eigenvalue weighted by Gasteiger charge is -2.34. The third-order valence-corrected chi connectivity index (χ3v) is 4.11. The zero-order valence-corrected chi connectivity index (χ0v) is 9.84. The van der Waals surface area contributed by atoms with Crippen molar-refractivity contribution in [3.05, 3.63) is 0 Å². The SMILES string of the molecule is NCC1(OC2CCCC2)CCCCCC1. The van der Waals surface area contributed by atoms with E-state index in [0.717, 1.165) is 6.54 Å². The van der Waals surface area contributed by atoms with Crippen molar-refractivity contribution in [2.24, 2.45) is 5.73 Å². The van der Waals surface area contributed by atoms with E-state index in [9.17, 15) is 0 Å². The van der Waals surface area contributed by atoms with Crippen molar-refractivity contribution in [1.29, 1.82) is 0 Å². The van der Waals surface area contributed by atoms with Crippen LogP contribution >= 0.6 is 0 Å². The van der Waals surface area contributed by atoms with Gasteiger partial charge in [0.1, 0.15) is 0 Å². The summed E-state index contributed by atoms with van der Waals surface area (Å²) in [6.45, 7) is 0.726. The summed E-state index contributed by atoms with van der Waals surface area (Å²) in [5, 5.41) is 0. The van der Waals surface area contributed by atoms with E-state index >= 15 is 0 Å². The summed E-state index contributed by atoms with van der Waals surface area (Å²) in [6.07, 6.45) is 13.5. The highest BCUT2D eigenvalue weighted by molar-refractivity contribution is 4.86. The zero-order chi connectivity index (χ0) is 10.6. The maximum Gasteiger partial charge on any atom is 0.0807 e. The van der Waals surface area contributed by atoms with Crippen LogP contribution in [0.15, 0.2) is 0 Å². The van der Waals surface area contributed by atoms with Crippen molar-refractivity contribution in [1.82, 2.24) is 0 Å². The van der Waals surface area contributed by atoms with Crippen LogP contribution in [0.5, 0.6) is 0 Å². The van der Waals surface area contributed by atoms with Gasteiger partial charge in [0.15, 0.2) is 0 Å². The summed E-state index contributed by atoms with van der Waals surface area (Å²) >= 11 is 0. The van der Waals surface area contributed by atoms with E-state index in [1.807, 2.05) is 0 Å². The van der Waals surface area contributed by atoms with E-state index in [4.69, 9.17) is 10.5 Å². The molecule has 2 saturated carbocycles. The number of ether oxygens (including phenoxy) is 1. The van der Waals surface area contributed by atoms with E-state index in [-0.39, 0.29) is 5.60 Å². The van der Waals surface area contributed by atoms with Crippen molar-refractivity contribution in [3.8, 4) is 0 Å². The van der Waals surface area contributed by atoms with Crippen molar-refractivity contribution in [2.45, 2.75) is 75.9 Å². The third-order valence-electron chi connectivity index (χ3n) is 4.11. The Morgan fingerprint density at radius 1 is 0.933 bits per heavy atom. The van der Waals surface area contributed by atoms with E-state index in [1.54, 1.807) is 0 Å². The van der Waals surface area contributed by atoms with Crippen LogP contribution in [0.25, 0.3) is 0 Å². The summed E-state index contributed by atoms with van der Waals surface area (Å²) in [5.41, 5.74) is 6.01. The predicted octanol–water partition coefficient (Wildman–Crippen LogP) is 3.00. The van der Waals surface area contributed by atoms with E-state index in [1.165, 1.54) is 64.2 Å². The summed E-state index contributed by atoms with van der Waals surface area (Å²) < 4.78 is 6.34. The molecule has 2 rings (SSSR count). The van der Waals surface area contributed by atoms with Crippen molar-refractivity contribution >= 4 is 0 Å². The van der Waals surface area contributed by atoms with Crippen LogP contribution in [0.2, 0.25) is 0 Å². The Bertz CT molecular complexity index is 179. The molecule has 2 fully saturated rings. The standard InChI is InChI=1S/C13H25NO/c14-11-13(9-5-1-2-6-10-13)15-12-7-3-4-8-12/h12H,1-11,14H2. The van der Waals surface area contributed by atoms with Crippen LogP contribution in [0.4, 0.5) is 0 Å². The van der Waals surface area contributed by atoms with Gasteiger partial charge >= 0.3 is 0 Å². The molecule has 0 amide bonds. The first-order chi connectivity index (χ1) is 7.35. The molecular weight excluding hydrogens is 186 g/mol. The Morgan fingerprint density at radius 2 is 1.53 bits per heavy atom. The molecule has 2 aliphatic carbocycles. The number of hydrogen-bond acceptors (Lipinski definition) is 2. The fourth-order valence-corrected chi connectivity index (χ4v) is 3.10. The van der Waals surface area contributed by atoms with Crippen LogP contribution in [-0.2, 0) is 4.74 Å². The molecule has 0 aromatic rings. The molecule has 0 unspecified atom stereocenters. The quantitative estimate of drug-likeness (QED) is 0.728. The average molecular weight is 211 g/mol. The number of rotatable bonds is 3. The zero-order valence-electron chi connectivity index (χ0n) is 9.84. The largest absolute Gasteiger partial charge is 0.370 e. The molecule has 2 heteroatoms. The van der Waals surface area contributed by atoms with E-state index in [2.05, 4.69) is 0 Å². The van der Waals surface area contributed by atoms with Gasteiger partial charge < -0.3 is 10.5 Å². The highest BCUT2D eigenvalue weighted by Gasteiger charge is 2.33. The fraction of sp³-hybridized carbons (Fsp3) is 1.00. The molecule has 88 valence electrons. The molecule has 0 heterocycles. The lowest BCUT2D eigenvalue weighted by atomic mass is 9.94. The Morgan fingerprint density at radius 3 is 2.07 bits per heavy atom. The highest BCUT2D eigenvalue weighted by Crippen LogP contribution is 2.34. The molecular formula is C13H25NO. The van der Waals surface area contributed by atoms with Crippen LogP contribution in [0.1, 0.15) is 64.2 Å². The first-order valence-corrected chi connectivity index (χ1v) is 6.73. The van der Waals surface area contributed by atoms with Gasteiger partial charge in [-0.1, -0.05) is 38.5 Å². The highest BCUT2D eigenvalue weighted by atomic mass is 16.5. The predicted molar refractivity (Wildman–Crippen MR) is 62.8 cm³/mol. The van der Waals surface area contributed by atoms with E-state index in [0.29, 0.717) is 6.10 Å². The minimum absolute atomic E-state index is 0.0471. The molecule has 0 saturated heterocycles. The summed E-state index contributed by atoms with van der Waals surface area (Å²) in [7, 11) is 0. The van der Waals surface area contributed by atoms with Gasteiger partial charge in [0, 0.05) is 6.54 Å². The number of hydrogen-bond donors (Lipinski definition) is 1.